The standard InChI is InChI=1S/C28H36FN6O8P/c1-4-39-22-20-21(32-25(30)33-22)35(16-31-20)24-26(3,29)28(37)14-27(28,42-24)15-40-44(38,43-19-12-6-5-7-13-19)34-17(2)23(36)41-18-10-8-9-11-18/h5-7,12-13,16-18,24,37H,4,8-11,14-15H2,1-3H3,(H,34,38)(H2,30,32,33)/t17?,24-,26+,27-,28+,44?/m1/s1. The Morgan fingerprint density at radius 3 is 2.73 bits per heavy atom. The molecule has 4 N–H and O–H groups in total. The summed E-state index contributed by atoms with van der Waals surface area (Å²) in [6.07, 6.45) is 3.03. The number of nitrogens with zero attached hydrogens (tertiary/aromatic N) is 4. The Bertz CT molecular complexity index is 1590. The minimum atomic E-state index is -4.31. The van der Waals surface area contributed by atoms with Crippen LogP contribution in [0.3, 0.4) is 0 Å². The predicted octanol–water partition coefficient (Wildman–Crippen LogP) is 3.61. The van der Waals surface area contributed by atoms with Gasteiger partial charge in [0, 0.05) is 6.42 Å². The number of carbonyl (C=O) groups excluding carboxylic acids is 1. The van der Waals surface area contributed by atoms with Crippen LogP contribution in [0.4, 0.5) is 10.3 Å². The minimum absolute atomic E-state index is 0.117. The van der Waals surface area contributed by atoms with Crippen molar-refractivity contribution in [2.24, 2.45) is 0 Å². The van der Waals surface area contributed by atoms with Crippen molar-refractivity contribution >= 4 is 30.8 Å². The van der Waals surface area contributed by atoms with Crippen molar-refractivity contribution in [3.8, 4) is 11.6 Å². The first-order valence-electron chi connectivity index (χ1n) is 14.6. The van der Waals surface area contributed by atoms with Crippen molar-refractivity contribution in [3.05, 3.63) is 36.7 Å². The van der Waals surface area contributed by atoms with Crippen LogP contribution in [0, 0.1) is 0 Å². The number of para-hydroxylation sites is 1. The number of rotatable bonds is 12. The third-order valence-electron chi connectivity index (χ3n) is 8.45. The fourth-order valence-electron chi connectivity index (χ4n) is 5.95. The largest absolute Gasteiger partial charge is 0.476 e. The number of nitrogens with two attached hydrogens (primary N) is 1. The molecule has 1 aliphatic heterocycles. The van der Waals surface area contributed by atoms with Crippen molar-refractivity contribution in [2.75, 3.05) is 18.9 Å². The number of nitrogens with one attached hydrogen (secondary N) is 1. The van der Waals surface area contributed by atoms with Crippen molar-refractivity contribution in [2.45, 2.75) is 88.1 Å². The lowest BCUT2D eigenvalue weighted by Crippen LogP contribution is -2.43. The molecule has 2 aromatic heterocycles. The summed E-state index contributed by atoms with van der Waals surface area (Å²) in [4.78, 5) is 25.3. The zero-order valence-electron chi connectivity index (χ0n) is 24.6. The van der Waals surface area contributed by atoms with E-state index in [9.17, 15) is 14.5 Å². The summed E-state index contributed by atoms with van der Waals surface area (Å²) in [7, 11) is -4.31. The van der Waals surface area contributed by atoms with Gasteiger partial charge < -0.3 is 29.6 Å². The molecule has 3 aromatic rings. The molecule has 6 rings (SSSR count). The van der Waals surface area contributed by atoms with Crippen molar-refractivity contribution in [1.29, 1.82) is 0 Å². The zero-order chi connectivity index (χ0) is 31.3. The molecule has 14 nitrogen and oxygen atoms in total. The summed E-state index contributed by atoms with van der Waals surface area (Å²) in [5.74, 6) is -0.392. The first kappa shape index (κ1) is 30.7. The topological polar surface area (TPSA) is 182 Å². The van der Waals surface area contributed by atoms with E-state index in [1.165, 1.54) is 24.7 Å². The summed E-state index contributed by atoms with van der Waals surface area (Å²) in [6.45, 7) is 4.21. The van der Waals surface area contributed by atoms with E-state index in [2.05, 4.69) is 20.0 Å². The molecule has 3 fully saturated rings. The molecule has 1 saturated heterocycles. The van der Waals surface area contributed by atoms with Gasteiger partial charge >= 0.3 is 13.7 Å². The number of ether oxygens (including phenoxy) is 3. The van der Waals surface area contributed by atoms with Gasteiger partial charge in [-0.3, -0.25) is 13.9 Å². The second-order valence-corrected chi connectivity index (χ2v) is 13.3. The fourth-order valence-corrected chi connectivity index (χ4v) is 7.49. The van der Waals surface area contributed by atoms with Crippen LogP contribution in [0.15, 0.2) is 36.7 Å². The van der Waals surface area contributed by atoms with Crippen LogP contribution in [0.2, 0.25) is 0 Å². The van der Waals surface area contributed by atoms with E-state index in [0.717, 1.165) is 25.7 Å². The Hall–Kier alpha value is -3.36. The highest BCUT2D eigenvalue weighted by atomic mass is 31.2. The number of imidazole rings is 1. The SMILES string of the molecule is CCOc1nc(N)nc2c1ncn2[C@@H]1O[C@@]2(COP(=O)(NC(C)C(=O)OC3CCCC3)Oc3ccccc3)C[C@]2(O)[C@@]1(C)F. The molecule has 0 amide bonds. The monoisotopic (exact) mass is 634 g/mol. The predicted molar refractivity (Wildman–Crippen MR) is 154 cm³/mol. The van der Waals surface area contributed by atoms with Gasteiger partial charge in [0.25, 0.3) is 0 Å². The summed E-state index contributed by atoms with van der Waals surface area (Å²) in [6, 6.07) is 7.18. The number of hydrogen-bond donors (Lipinski definition) is 3. The maximum atomic E-state index is 16.5. The maximum absolute atomic E-state index is 16.5. The number of halogens is 1. The summed E-state index contributed by atoms with van der Waals surface area (Å²) < 4.78 is 60.6. The normalized spacial score (nSPS) is 30.1. The summed E-state index contributed by atoms with van der Waals surface area (Å²) in [5.41, 5.74) is 0.255. The second-order valence-electron chi connectivity index (χ2n) is 11.6. The molecule has 2 aliphatic carbocycles. The molecule has 238 valence electrons. The Morgan fingerprint density at radius 2 is 2.02 bits per heavy atom. The Balaban J connectivity index is 1.24. The zero-order valence-corrected chi connectivity index (χ0v) is 25.5. The van der Waals surface area contributed by atoms with Gasteiger partial charge in [-0.1, -0.05) is 18.2 Å². The molecular weight excluding hydrogens is 598 g/mol. The number of anilines is 1. The second kappa shape index (κ2) is 11.2. The van der Waals surface area contributed by atoms with Crippen LogP contribution < -0.4 is 20.1 Å². The molecule has 2 unspecified atom stereocenters. The molecule has 16 heteroatoms. The third-order valence-corrected chi connectivity index (χ3v) is 10.1. The van der Waals surface area contributed by atoms with E-state index in [1.807, 2.05) is 0 Å². The van der Waals surface area contributed by atoms with E-state index in [0.29, 0.717) is 0 Å². The molecular formula is C28H36FN6O8P. The molecule has 0 radical (unpaired) electrons. The number of alkyl halides is 1. The van der Waals surface area contributed by atoms with Crippen LogP contribution in [0.1, 0.15) is 59.1 Å². The van der Waals surface area contributed by atoms with Crippen molar-refractivity contribution in [1.82, 2.24) is 24.6 Å². The molecule has 0 bridgehead atoms. The molecule has 3 heterocycles. The van der Waals surface area contributed by atoms with E-state index in [4.69, 9.17) is 29.0 Å². The van der Waals surface area contributed by atoms with Gasteiger partial charge in [0.05, 0.1) is 19.5 Å². The maximum Gasteiger partial charge on any atom is 0.459 e. The lowest BCUT2D eigenvalue weighted by atomic mass is 9.96. The Kier molecular flexibility index (Phi) is 7.82. The highest BCUT2D eigenvalue weighted by Gasteiger charge is 2.85. The Labute approximate surface area is 253 Å². The van der Waals surface area contributed by atoms with Gasteiger partial charge in [0.2, 0.25) is 11.8 Å². The first-order chi connectivity index (χ1) is 20.9. The van der Waals surface area contributed by atoms with Crippen LogP contribution in [0.5, 0.6) is 11.6 Å². The lowest BCUT2D eigenvalue weighted by molar-refractivity contribution is -0.150. The average Bonchev–Trinajstić information content (AvgIpc) is 3.34. The van der Waals surface area contributed by atoms with Crippen molar-refractivity contribution in [3.63, 3.8) is 0 Å². The number of esters is 1. The van der Waals surface area contributed by atoms with Crippen molar-refractivity contribution < 1.29 is 42.1 Å². The van der Waals surface area contributed by atoms with E-state index >= 15 is 4.39 Å². The molecule has 3 aliphatic rings. The number of carbonyl (C=O) groups is 1. The number of fused-ring (bicyclic) bond motifs is 2. The third kappa shape index (κ3) is 5.30. The average molecular weight is 635 g/mol. The molecule has 6 atom stereocenters. The minimum Gasteiger partial charge on any atom is -0.476 e. The number of hydrogen-bond acceptors (Lipinski definition) is 12. The highest BCUT2D eigenvalue weighted by Crippen LogP contribution is 2.69. The summed E-state index contributed by atoms with van der Waals surface area (Å²) in [5, 5.41) is 14.1. The fraction of sp³-hybridized carbons (Fsp3) is 0.571. The molecule has 44 heavy (non-hydrogen) atoms. The van der Waals surface area contributed by atoms with Crippen LogP contribution >= 0.6 is 7.75 Å². The van der Waals surface area contributed by atoms with Gasteiger partial charge in [0.15, 0.2) is 23.1 Å². The number of aliphatic hydroxyl groups is 1. The van der Waals surface area contributed by atoms with Gasteiger partial charge in [-0.15, -0.1) is 0 Å². The van der Waals surface area contributed by atoms with Gasteiger partial charge in [-0.25, -0.2) is 13.9 Å². The molecule has 0 spiro atoms. The molecule has 2 saturated carbocycles. The van der Waals surface area contributed by atoms with E-state index in [-0.39, 0.29) is 47.9 Å². The Morgan fingerprint density at radius 1 is 1.30 bits per heavy atom. The first-order valence-corrected chi connectivity index (χ1v) is 16.1. The van der Waals surface area contributed by atoms with Gasteiger partial charge in [-0.2, -0.15) is 15.1 Å². The number of aromatic nitrogens is 4. The van der Waals surface area contributed by atoms with Crippen LogP contribution in [-0.4, -0.2) is 72.8 Å². The lowest BCUT2D eigenvalue weighted by Gasteiger charge is -2.28. The van der Waals surface area contributed by atoms with Gasteiger partial charge in [0.1, 0.15) is 29.1 Å². The molecule has 1 aromatic carbocycles. The highest BCUT2D eigenvalue weighted by molar-refractivity contribution is 7.52. The van der Waals surface area contributed by atoms with Crippen LogP contribution in [-0.2, 0) is 23.4 Å². The quantitative estimate of drug-likeness (QED) is 0.194. The smallest absolute Gasteiger partial charge is 0.459 e. The van der Waals surface area contributed by atoms with E-state index < -0.39 is 49.5 Å². The van der Waals surface area contributed by atoms with E-state index in [1.54, 1.807) is 37.3 Å². The summed E-state index contributed by atoms with van der Waals surface area (Å²) >= 11 is 0. The number of nitrogen functional groups attached to an aromatic ring is 1. The van der Waals surface area contributed by atoms with Crippen LogP contribution in [0.25, 0.3) is 11.2 Å². The number of benzene rings is 1. The van der Waals surface area contributed by atoms with Gasteiger partial charge in [-0.05, 0) is 58.6 Å².